The van der Waals surface area contributed by atoms with Crippen LogP contribution in [0.2, 0.25) is 0 Å². The van der Waals surface area contributed by atoms with Gasteiger partial charge < -0.3 is 10.1 Å². The van der Waals surface area contributed by atoms with E-state index in [4.69, 9.17) is 9.88 Å². The Kier molecular flexibility index (Phi) is 6.06. The van der Waals surface area contributed by atoms with E-state index in [-0.39, 0.29) is 4.90 Å². The molecule has 0 unspecified atom stereocenters. The van der Waals surface area contributed by atoms with Gasteiger partial charge in [0.25, 0.3) is 0 Å². The van der Waals surface area contributed by atoms with Gasteiger partial charge in [-0.15, -0.1) is 0 Å². The van der Waals surface area contributed by atoms with E-state index in [1.54, 1.807) is 12.1 Å². The number of nitrogens with one attached hydrogen (secondary N) is 1. The molecular formula is C17H28N2O3S. The fraction of sp³-hybridized carbons (Fsp3) is 0.647. The van der Waals surface area contributed by atoms with Crippen LogP contribution in [0.1, 0.15) is 38.7 Å². The minimum atomic E-state index is -3.77. The van der Waals surface area contributed by atoms with Gasteiger partial charge in [0.1, 0.15) is 10.6 Å². The normalized spacial score (nSPS) is 25.3. The Morgan fingerprint density at radius 3 is 2.65 bits per heavy atom. The van der Waals surface area contributed by atoms with Gasteiger partial charge in [-0.05, 0) is 61.8 Å². The summed E-state index contributed by atoms with van der Waals surface area (Å²) >= 11 is 0. The molecule has 0 aliphatic heterocycles. The number of methoxy groups -OCH3 is 1. The molecule has 1 fully saturated rings. The quantitative estimate of drug-likeness (QED) is 0.832. The lowest BCUT2D eigenvalue weighted by Gasteiger charge is -2.33. The molecule has 3 N–H and O–H groups in total. The van der Waals surface area contributed by atoms with Crippen molar-refractivity contribution in [3.63, 3.8) is 0 Å². The van der Waals surface area contributed by atoms with Crippen molar-refractivity contribution in [1.82, 2.24) is 5.32 Å². The van der Waals surface area contributed by atoms with Gasteiger partial charge in [-0.2, -0.15) is 0 Å². The zero-order valence-electron chi connectivity index (χ0n) is 14.2. The third-order valence-corrected chi connectivity index (χ3v) is 5.72. The molecule has 0 aromatic heterocycles. The summed E-state index contributed by atoms with van der Waals surface area (Å²) < 4.78 is 28.4. The first-order valence-electron chi connectivity index (χ1n) is 8.24. The van der Waals surface area contributed by atoms with Crippen LogP contribution in [0.4, 0.5) is 0 Å². The van der Waals surface area contributed by atoms with Crippen LogP contribution in [0, 0.1) is 11.8 Å². The Labute approximate surface area is 139 Å². The lowest BCUT2D eigenvalue weighted by Crippen LogP contribution is -2.39. The molecule has 1 saturated carbocycles. The SMILES string of the molecule is COc1ccc(CCN[C@@H]2CC[C@@H](C)C[C@@H]2C)cc1S(N)(=O)=O. The minimum Gasteiger partial charge on any atom is -0.495 e. The van der Waals surface area contributed by atoms with Gasteiger partial charge >= 0.3 is 0 Å². The number of benzene rings is 1. The van der Waals surface area contributed by atoms with Crippen LogP contribution in [0.5, 0.6) is 5.75 Å². The van der Waals surface area contributed by atoms with E-state index in [1.807, 2.05) is 6.07 Å². The maximum absolute atomic E-state index is 11.6. The topological polar surface area (TPSA) is 81.4 Å². The number of rotatable bonds is 6. The molecule has 2 rings (SSSR count). The lowest BCUT2D eigenvalue weighted by atomic mass is 9.80. The van der Waals surface area contributed by atoms with Crippen molar-refractivity contribution in [2.45, 2.75) is 50.5 Å². The standard InChI is InChI=1S/C17H28N2O3S/c1-12-4-6-15(13(2)10-12)19-9-8-14-5-7-16(22-3)17(11-14)23(18,20)21/h5,7,11-13,15,19H,4,6,8-10H2,1-3H3,(H2,18,20,21)/t12-,13+,15-/m1/s1. The Bertz CT molecular complexity index is 631. The van der Waals surface area contributed by atoms with Crippen LogP contribution < -0.4 is 15.2 Å². The van der Waals surface area contributed by atoms with Crippen LogP contribution >= 0.6 is 0 Å². The summed E-state index contributed by atoms with van der Waals surface area (Å²) in [5.74, 6) is 1.80. The highest BCUT2D eigenvalue weighted by Gasteiger charge is 2.24. The second kappa shape index (κ2) is 7.64. The molecule has 0 amide bonds. The maximum atomic E-state index is 11.6. The molecule has 1 aliphatic carbocycles. The fourth-order valence-corrected chi connectivity index (χ4v) is 4.22. The second-order valence-corrected chi connectivity index (χ2v) is 8.27. The first-order chi connectivity index (χ1) is 10.8. The number of ether oxygens (including phenoxy) is 1. The first-order valence-corrected chi connectivity index (χ1v) is 9.79. The average Bonchev–Trinajstić information content (AvgIpc) is 2.48. The predicted octanol–water partition coefficient (Wildman–Crippen LogP) is 2.30. The molecule has 1 aliphatic rings. The summed E-state index contributed by atoms with van der Waals surface area (Å²) in [6.45, 7) is 5.46. The smallest absolute Gasteiger partial charge is 0.241 e. The van der Waals surface area contributed by atoms with Crippen LogP contribution in [-0.2, 0) is 16.4 Å². The van der Waals surface area contributed by atoms with Crippen molar-refractivity contribution in [1.29, 1.82) is 0 Å². The molecule has 1 aromatic rings. The predicted molar refractivity (Wildman–Crippen MR) is 92.0 cm³/mol. The Morgan fingerprint density at radius 1 is 1.30 bits per heavy atom. The minimum absolute atomic E-state index is 0.0531. The van der Waals surface area contributed by atoms with Gasteiger partial charge in [0, 0.05) is 6.04 Å². The van der Waals surface area contributed by atoms with E-state index >= 15 is 0 Å². The Hall–Kier alpha value is -1.11. The van der Waals surface area contributed by atoms with Crippen molar-refractivity contribution in [2.75, 3.05) is 13.7 Å². The molecule has 0 heterocycles. The first kappa shape index (κ1) is 18.2. The third-order valence-electron chi connectivity index (χ3n) is 4.79. The fourth-order valence-electron chi connectivity index (χ4n) is 3.47. The maximum Gasteiger partial charge on any atom is 0.241 e. The molecule has 5 nitrogen and oxygen atoms in total. The number of sulfonamides is 1. The molecule has 3 atom stereocenters. The monoisotopic (exact) mass is 340 g/mol. The van der Waals surface area contributed by atoms with Gasteiger partial charge in [-0.1, -0.05) is 19.9 Å². The van der Waals surface area contributed by atoms with Crippen molar-refractivity contribution in [3.8, 4) is 5.75 Å². The molecule has 130 valence electrons. The highest BCUT2D eigenvalue weighted by molar-refractivity contribution is 7.89. The summed E-state index contributed by atoms with van der Waals surface area (Å²) in [6, 6.07) is 5.73. The summed E-state index contributed by atoms with van der Waals surface area (Å²) in [5.41, 5.74) is 0.944. The van der Waals surface area contributed by atoms with Crippen LogP contribution in [-0.4, -0.2) is 28.1 Å². The zero-order chi connectivity index (χ0) is 17.0. The van der Waals surface area contributed by atoms with Gasteiger partial charge in [0.05, 0.1) is 7.11 Å². The van der Waals surface area contributed by atoms with E-state index < -0.39 is 10.0 Å². The highest BCUT2D eigenvalue weighted by atomic mass is 32.2. The number of nitrogens with two attached hydrogens (primary N) is 1. The van der Waals surface area contributed by atoms with Crippen molar-refractivity contribution >= 4 is 10.0 Å². The van der Waals surface area contributed by atoms with Crippen molar-refractivity contribution in [2.24, 2.45) is 17.0 Å². The van der Waals surface area contributed by atoms with Crippen LogP contribution in [0.15, 0.2) is 23.1 Å². The largest absolute Gasteiger partial charge is 0.495 e. The number of hydrogen-bond donors (Lipinski definition) is 2. The molecule has 0 bridgehead atoms. The third kappa shape index (κ3) is 4.93. The van der Waals surface area contributed by atoms with E-state index in [0.717, 1.165) is 24.4 Å². The molecule has 6 heteroatoms. The molecule has 23 heavy (non-hydrogen) atoms. The van der Waals surface area contributed by atoms with Gasteiger partial charge in [-0.3, -0.25) is 0 Å². The van der Waals surface area contributed by atoms with Gasteiger partial charge in [-0.25, -0.2) is 13.6 Å². The Morgan fingerprint density at radius 2 is 2.04 bits per heavy atom. The highest BCUT2D eigenvalue weighted by Crippen LogP contribution is 2.28. The van der Waals surface area contributed by atoms with Crippen LogP contribution in [0.3, 0.4) is 0 Å². The molecule has 1 aromatic carbocycles. The van der Waals surface area contributed by atoms with E-state index in [1.165, 1.54) is 26.4 Å². The summed E-state index contributed by atoms with van der Waals surface area (Å²) in [6.07, 6.45) is 4.54. The van der Waals surface area contributed by atoms with Crippen LogP contribution in [0.25, 0.3) is 0 Å². The summed E-state index contributed by atoms with van der Waals surface area (Å²) in [7, 11) is -2.33. The van der Waals surface area contributed by atoms with Gasteiger partial charge in [0.15, 0.2) is 0 Å². The van der Waals surface area contributed by atoms with E-state index in [0.29, 0.717) is 17.7 Å². The molecule has 0 spiro atoms. The second-order valence-electron chi connectivity index (χ2n) is 6.74. The van der Waals surface area contributed by atoms with Crippen molar-refractivity contribution < 1.29 is 13.2 Å². The molecule has 0 saturated heterocycles. The molecule has 0 radical (unpaired) electrons. The molecular weight excluding hydrogens is 312 g/mol. The summed E-state index contributed by atoms with van der Waals surface area (Å²) in [5, 5.41) is 8.87. The number of primary sulfonamides is 1. The zero-order valence-corrected chi connectivity index (χ0v) is 15.0. The van der Waals surface area contributed by atoms with Gasteiger partial charge in [0.2, 0.25) is 10.0 Å². The Balaban J connectivity index is 1.96. The van der Waals surface area contributed by atoms with Crippen molar-refractivity contribution in [3.05, 3.63) is 23.8 Å². The van der Waals surface area contributed by atoms with E-state index in [9.17, 15) is 8.42 Å². The summed E-state index contributed by atoms with van der Waals surface area (Å²) in [4.78, 5) is 0.0531. The van der Waals surface area contributed by atoms with E-state index in [2.05, 4.69) is 19.2 Å². The average molecular weight is 340 g/mol. The number of hydrogen-bond acceptors (Lipinski definition) is 4. The lowest BCUT2D eigenvalue weighted by molar-refractivity contribution is 0.229.